The van der Waals surface area contributed by atoms with Crippen molar-refractivity contribution in [1.82, 2.24) is 10.3 Å². The van der Waals surface area contributed by atoms with Crippen LogP contribution in [0.15, 0.2) is 18.3 Å². The number of hydrogen-bond donors (Lipinski definition) is 2. The number of nitrogens with one attached hydrogen (secondary N) is 1. The lowest BCUT2D eigenvalue weighted by Gasteiger charge is -2.02. The Hall–Kier alpha value is -1.49. The van der Waals surface area contributed by atoms with Crippen molar-refractivity contribution in [2.45, 2.75) is 6.42 Å². The predicted octanol–water partition coefficient (Wildman–Crippen LogP) is 0.333. The number of aromatic nitrogens is 1. The molecule has 76 valence electrons. The highest BCUT2D eigenvalue weighted by atomic mass is 19.1. The van der Waals surface area contributed by atoms with E-state index in [9.17, 15) is 9.18 Å². The van der Waals surface area contributed by atoms with E-state index >= 15 is 0 Å². The summed E-state index contributed by atoms with van der Waals surface area (Å²) in [4.78, 5) is 14.6. The van der Waals surface area contributed by atoms with E-state index in [1.54, 1.807) is 0 Å². The minimum Gasteiger partial charge on any atom is -0.396 e. The summed E-state index contributed by atoms with van der Waals surface area (Å²) in [7, 11) is 0. The Balaban J connectivity index is 2.48. The van der Waals surface area contributed by atoms with Crippen LogP contribution in [0.3, 0.4) is 0 Å². The van der Waals surface area contributed by atoms with Gasteiger partial charge in [-0.25, -0.2) is 4.98 Å². The van der Waals surface area contributed by atoms with Crippen molar-refractivity contribution in [1.29, 1.82) is 0 Å². The van der Waals surface area contributed by atoms with E-state index in [0.29, 0.717) is 18.5 Å². The Bertz CT molecular complexity index is 300. The normalized spacial score (nSPS) is 9.86. The molecule has 0 bridgehead atoms. The van der Waals surface area contributed by atoms with Crippen LogP contribution in [-0.4, -0.2) is 29.1 Å². The van der Waals surface area contributed by atoms with Gasteiger partial charge in [0.25, 0.3) is 5.91 Å². The molecule has 0 radical (unpaired) electrons. The zero-order valence-electron chi connectivity index (χ0n) is 7.53. The number of carbonyl (C=O) groups excluding carboxylic acids is 1. The SMILES string of the molecule is O=C(NCCCO)c1ccc(F)nc1. The maximum Gasteiger partial charge on any atom is 0.252 e. The predicted molar refractivity (Wildman–Crippen MR) is 48.2 cm³/mol. The molecule has 14 heavy (non-hydrogen) atoms. The van der Waals surface area contributed by atoms with Gasteiger partial charge in [0.05, 0.1) is 5.56 Å². The van der Waals surface area contributed by atoms with Crippen molar-refractivity contribution in [2.24, 2.45) is 0 Å². The van der Waals surface area contributed by atoms with Gasteiger partial charge in [-0.1, -0.05) is 0 Å². The molecule has 4 nitrogen and oxygen atoms in total. The number of amides is 1. The van der Waals surface area contributed by atoms with E-state index in [-0.39, 0.29) is 12.5 Å². The van der Waals surface area contributed by atoms with Gasteiger partial charge >= 0.3 is 0 Å². The second-order valence-electron chi connectivity index (χ2n) is 2.70. The molecule has 1 aromatic rings. The minimum atomic E-state index is -0.614. The summed E-state index contributed by atoms with van der Waals surface area (Å²) in [5, 5.41) is 11.0. The topological polar surface area (TPSA) is 62.2 Å². The van der Waals surface area contributed by atoms with Gasteiger partial charge in [0.2, 0.25) is 5.95 Å². The van der Waals surface area contributed by atoms with Gasteiger partial charge in [0, 0.05) is 19.3 Å². The molecule has 0 fully saturated rings. The summed E-state index contributed by atoms with van der Waals surface area (Å²) in [5.74, 6) is -0.928. The molecule has 0 aliphatic heterocycles. The fourth-order valence-electron chi connectivity index (χ4n) is 0.893. The Morgan fingerprint density at radius 3 is 2.93 bits per heavy atom. The lowest BCUT2D eigenvalue weighted by Crippen LogP contribution is -2.25. The second-order valence-corrected chi connectivity index (χ2v) is 2.70. The molecule has 0 saturated carbocycles. The summed E-state index contributed by atoms with van der Waals surface area (Å²) < 4.78 is 12.4. The zero-order chi connectivity index (χ0) is 10.4. The van der Waals surface area contributed by atoms with Crippen LogP contribution in [0.1, 0.15) is 16.8 Å². The molecule has 1 rings (SSSR count). The Morgan fingerprint density at radius 2 is 2.36 bits per heavy atom. The summed E-state index contributed by atoms with van der Waals surface area (Å²) in [6.45, 7) is 0.425. The van der Waals surface area contributed by atoms with E-state index in [0.717, 1.165) is 6.07 Å². The van der Waals surface area contributed by atoms with Crippen molar-refractivity contribution in [3.63, 3.8) is 0 Å². The van der Waals surface area contributed by atoms with Crippen molar-refractivity contribution < 1.29 is 14.3 Å². The molecule has 1 aromatic heterocycles. The standard InChI is InChI=1S/C9H11FN2O2/c10-8-3-2-7(6-12-8)9(14)11-4-1-5-13/h2-3,6,13H,1,4-5H2,(H,11,14). The van der Waals surface area contributed by atoms with E-state index in [1.165, 1.54) is 12.3 Å². The Labute approximate surface area is 80.8 Å². The molecule has 1 amide bonds. The lowest BCUT2D eigenvalue weighted by atomic mass is 10.2. The molecule has 0 atom stereocenters. The smallest absolute Gasteiger partial charge is 0.252 e. The number of pyridine rings is 1. The van der Waals surface area contributed by atoms with E-state index < -0.39 is 5.95 Å². The number of aliphatic hydroxyl groups is 1. The van der Waals surface area contributed by atoms with Gasteiger partial charge in [-0.2, -0.15) is 4.39 Å². The fraction of sp³-hybridized carbons (Fsp3) is 0.333. The van der Waals surface area contributed by atoms with Crippen LogP contribution in [0.2, 0.25) is 0 Å². The summed E-state index contributed by atoms with van der Waals surface area (Å²) >= 11 is 0. The molecular formula is C9H11FN2O2. The third kappa shape index (κ3) is 3.10. The highest BCUT2D eigenvalue weighted by Gasteiger charge is 2.04. The molecule has 2 N–H and O–H groups in total. The highest BCUT2D eigenvalue weighted by Crippen LogP contribution is 1.98. The lowest BCUT2D eigenvalue weighted by molar-refractivity contribution is 0.0950. The number of rotatable bonds is 4. The van der Waals surface area contributed by atoms with Gasteiger partial charge < -0.3 is 10.4 Å². The quantitative estimate of drug-likeness (QED) is 0.541. The number of hydrogen-bond acceptors (Lipinski definition) is 3. The van der Waals surface area contributed by atoms with Gasteiger partial charge in [0.1, 0.15) is 0 Å². The average molecular weight is 198 g/mol. The molecule has 0 aliphatic rings. The first-order valence-electron chi connectivity index (χ1n) is 4.24. The molecule has 0 spiro atoms. The van der Waals surface area contributed by atoms with E-state index in [2.05, 4.69) is 10.3 Å². The van der Waals surface area contributed by atoms with Gasteiger partial charge in [-0.15, -0.1) is 0 Å². The zero-order valence-corrected chi connectivity index (χ0v) is 7.53. The first kappa shape index (κ1) is 10.6. The van der Waals surface area contributed by atoms with Crippen molar-refractivity contribution >= 4 is 5.91 Å². The highest BCUT2D eigenvalue weighted by molar-refractivity contribution is 5.93. The fourth-order valence-corrected chi connectivity index (χ4v) is 0.893. The molecular weight excluding hydrogens is 187 g/mol. The molecule has 0 aromatic carbocycles. The number of aliphatic hydroxyl groups excluding tert-OH is 1. The van der Waals surface area contributed by atoms with E-state index in [1.807, 2.05) is 0 Å². The summed E-state index contributed by atoms with van der Waals surface area (Å²) in [6, 6.07) is 2.48. The maximum absolute atomic E-state index is 12.4. The van der Waals surface area contributed by atoms with Crippen LogP contribution in [0.5, 0.6) is 0 Å². The maximum atomic E-state index is 12.4. The van der Waals surface area contributed by atoms with Crippen molar-refractivity contribution in [2.75, 3.05) is 13.2 Å². The van der Waals surface area contributed by atoms with Crippen LogP contribution >= 0.6 is 0 Å². The van der Waals surface area contributed by atoms with Crippen molar-refractivity contribution in [3.8, 4) is 0 Å². The Morgan fingerprint density at radius 1 is 1.57 bits per heavy atom. The van der Waals surface area contributed by atoms with Crippen LogP contribution in [0.4, 0.5) is 4.39 Å². The van der Waals surface area contributed by atoms with Crippen LogP contribution < -0.4 is 5.32 Å². The second kappa shape index (κ2) is 5.29. The minimum absolute atomic E-state index is 0.0297. The number of halogens is 1. The molecule has 0 unspecified atom stereocenters. The van der Waals surface area contributed by atoms with Crippen LogP contribution in [0.25, 0.3) is 0 Å². The van der Waals surface area contributed by atoms with Crippen LogP contribution in [-0.2, 0) is 0 Å². The summed E-state index contributed by atoms with van der Waals surface area (Å²) in [5.41, 5.74) is 0.310. The third-order valence-corrected chi connectivity index (χ3v) is 1.61. The summed E-state index contributed by atoms with van der Waals surface area (Å²) in [6.07, 6.45) is 1.67. The van der Waals surface area contributed by atoms with Gasteiger partial charge in [0.15, 0.2) is 0 Å². The van der Waals surface area contributed by atoms with Crippen LogP contribution in [0, 0.1) is 5.95 Å². The monoisotopic (exact) mass is 198 g/mol. The van der Waals surface area contributed by atoms with Gasteiger partial charge in [-0.05, 0) is 18.6 Å². The van der Waals surface area contributed by atoms with Gasteiger partial charge in [-0.3, -0.25) is 4.79 Å². The molecule has 1 heterocycles. The largest absolute Gasteiger partial charge is 0.396 e. The molecule has 5 heteroatoms. The Kier molecular flexibility index (Phi) is 4.00. The first-order valence-corrected chi connectivity index (χ1v) is 4.24. The average Bonchev–Trinajstić information content (AvgIpc) is 2.19. The third-order valence-electron chi connectivity index (χ3n) is 1.61. The molecule has 0 aliphatic carbocycles. The van der Waals surface area contributed by atoms with Crippen molar-refractivity contribution in [3.05, 3.63) is 29.8 Å². The number of nitrogens with zero attached hydrogens (tertiary/aromatic N) is 1. The molecule has 0 saturated heterocycles. The first-order chi connectivity index (χ1) is 6.74. The number of carbonyl (C=O) groups is 1. The van der Waals surface area contributed by atoms with E-state index in [4.69, 9.17) is 5.11 Å².